The van der Waals surface area contributed by atoms with Crippen LogP contribution in [0.25, 0.3) is 0 Å². The molecule has 2 aromatic carbocycles. The summed E-state index contributed by atoms with van der Waals surface area (Å²) < 4.78 is 0. The number of hydrogen-bond donors (Lipinski definition) is 1. The minimum atomic E-state index is 0.0847. The Labute approximate surface area is 125 Å². The van der Waals surface area contributed by atoms with Crippen LogP contribution in [0.3, 0.4) is 0 Å². The summed E-state index contributed by atoms with van der Waals surface area (Å²) in [5.74, 6) is 0. The molecule has 1 N–H and O–H groups in total. The Bertz CT molecular complexity index is 534. The Morgan fingerprint density at radius 3 is 1.62 bits per heavy atom. The number of amides is 2. The van der Waals surface area contributed by atoms with Crippen LogP contribution in [-0.4, -0.2) is 29.2 Å². The van der Waals surface area contributed by atoms with Gasteiger partial charge in [0.1, 0.15) is 0 Å². The summed E-state index contributed by atoms with van der Waals surface area (Å²) >= 11 is 0. The molecule has 21 heavy (non-hydrogen) atoms. The first-order valence-electron chi connectivity index (χ1n) is 7.15. The van der Waals surface area contributed by atoms with E-state index >= 15 is 0 Å². The zero-order valence-electron chi connectivity index (χ0n) is 11.9. The molecule has 0 atom stereocenters. The van der Waals surface area contributed by atoms with Crippen LogP contribution in [0.5, 0.6) is 0 Å². The Kier molecular flexibility index (Phi) is 4.17. The molecule has 3 rings (SSSR count). The largest absolute Gasteiger partial charge is 0.322 e. The maximum Gasteiger partial charge on any atom is 0.322 e. The molecule has 0 aromatic heterocycles. The van der Waals surface area contributed by atoms with Gasteiger partial charge in [-0.1, -0.05) is 60.7 Å². The number of urea groups is 1. The molecule has 1 aliphatic heterocycles. The van der Waals surface area contributed by atoms with Crippen molar-refractivity contribution < 1.29 is 4.79 Å². The van der Waals surface area contributed by atoms with Crippen LogP contribution < -0.4 is 5.32 Å². The third-order valence-electron chi connectivity index (χ3n) is 3.58. The van der Waals surface area contributed by atoms with Crippen molar-refractivity contribution in [1.82, 2.24) is 15.1 Å². The molecule has 2 amide bonds. The maximum atomic E-state index is 12.5. The lowest BCUT2D eigenvalue weighted by molar-refractivity contribution is 0.110. The van der Waals surface area contributed by atoms with E-state index in [2.05, 4.69) is 5.32 Å². The molecule has 4 heteroatoms. The van der Waals surface area contributed by atoms with Gasteiger partial charge in [-0.3, -0.25) is 5.32 Å². The van der Waals surface area contributed by atoms with Crippen LogP contribution in [0, 0.1) is 0 Å². The highest BCUT2D eigenvalue weighted by molar-refractivity contribution is 5.75. The molecule has 0 bridgehead atoms. The van der Waals surface area contributed by atoms with Gasteiger partial charge in [-0.25, -0.2) is 4.79 Å². The second kappa shape index (κ2) is 6.41. The molecule has 1 fully saturated rings. The molecule has 1 saturated heterocycles. The Morgan fingerprint density at radius 2 is 1.19 bits per heavy atom. The van der Waals surface area contributed by atoms with Gasteiger partial charge in [0.25, 0.3) is 0 Å². The minimum Gasteiger partial charge on any atom is -0.307 e. The van der Waals surface area contributed by atoms with Crippen LogP contribution in [0.2, 0.25) is 0 Å². The first kappa shape index (κ1) is 13.6. The third kappa shape index (κ3) is 3.41. The summed E-state index contributed by atoms with van der Waals surface area (Å²) in [4.78, 5) is 16.2. The van der Waals surface area contributed by atoms with Gasteiger partial charge in [-0.05, 0) is 11.1 Å². The predicted molar refractivity (Wildman–Crippen MR) is 82.2 cm³/mol. The average molecular weight is 281 g/mol. The molecule has 2 aromatic rings. The van der Waals surface area contributed by atoms with Crippen LogP contribution in [0.15, 0.2) is 60.7 Å². The van der Waals surface area contributed by atoms with E-state index in [1.54, 1.807) is 0 Å². The minimum absolute atomic E-state index is 0.0847. The summed E-state index contributed by atoms with van der Waals surface area (Å²) in [6.07, 6.45) is 0. The fourth-order valence-electron chi connectivity index (χ4n) is 2.51. The number of benzene rings is 2. The van der Waals surface area contributed by atoms with Crippen molar-refractivity contribution in [2.75, 3.05) is 13.3 Å². The van der Waals surface area contributed by atoms with E-state index in [1.807, 2.05) is 70.5 Å². The Hall–Kier alpha value is -2.33. The van der Waals surface area contributed by atoms with E-state index < -0.39 is 0 Å². The normalized spacial score (nSPS) is 15.3. The van der Waals surface area contributed by atoms with E-state index in [0.29, 0.717) is 26.4 Å². The SMILES string of the molecule is O=C1N(Cc2ccccc2)CNCN1Cc1ccccc1. The second-order valence-corrected chi connectivity index (χ2v) is 5.22. The molecule has 0 unspecified atom stereocenters. The van der Waals surface area contributed by atoms with Crippen molar-refractivity contribution in [3.8, 4) is 0 Å². The van der Waals surface area contributed by atoms with Gasteiger partial charge < -0.3 is 9.80 Å². The van der Waals surface area contributed by atoms with Crippen LogP contribution >= 0.6 is 0 Å². The van der Waals surface area contributed by atoms with Crippen molar-refractivity contribution in [2.24, 2.45) is 0 Å². The van der Waals surface area contributed by atoms with Gasteiger partial charge in [0.05, 0.1) is 13.3 Å². The topological polar surface area (TPSA) is 35.6 Å². The molecule has 4 nitrogen and oxygen atoms in total. The second-order valence-electron chi connectivity index (χ2n) is 5.22. The first-order chi connectivity index (χ1) is 10.3. The summed E-state index contributed by atoms with van der Waals surface area (Å²) in [5.41, 5.74) is 2.29. The molecule has 108 valence electrons. The zero-order valence-corrected chi connectivity index (χ0v) is 11.9. The van der Waals surface area contributed by atoms with Gasteiger partial charge in [0, 0.05) is 13.1 Å². The molecule has 0 radical (unpaired) electrons. The van der Waals surface area contributed by atoms with Crippen LogP contribution in [0.4, 0.5) is 4.79 Å². The monoisotopic (exact) mass is 281 g/mol. The number of carbonyl (C=O) groups excluding carboxylic acids is 1. The lowest BCUT2D eigenvalue weighted by Gasteiger charge is -2.36. The molecular weight excluding hydrogens is 262 g/mol. The van der Waals surface area contributed by atoms with Crippen molar-refractivity contribution in [3.63, 3.8) is 0 Å². The quantitative estimate of drug-likeness (QED) is 0.935. The van der Waals surface area contributed by atoms with Crippen molar-refractivity contribution in [2.45, 2.75) is 13.1 Å². The van der Waals surface area contributed by atoms with Gasteiger partial charge in [-0.15, -0.1) is 0 Å². The smallest absolute Gasteiger partial charge is 0.307 e. The molecule has 0 spiro atoms. The summed E-state index contributed by atoms with van der Waals surface area (Å²) in [6, 6.07) is 20.2. The lowest BCUT2D eigenvalue weighted by atomic mass is 10.2. The van der Waals surface area contributed by atoms with Gasteiger partial charge in [-0.2, -0.15) is 0 Å². The maximum absolute atomic E-state index is 12.5. The number of rotatable bonds is 4. The standard InChI is InChI=1S/C17H19N3O/c21-17-19(11-15-7-3-1-4-8-15)13-18-14-20(17)12-16-9-5-2-6-10-16/h1-10,18H,11-14H2. The van der Waals surface area contributed by atoms with Gasteiger partial charge >= 0.3 is 6.03 Å². The van der Waals surface area contributed by atoms with Gasteiger partial charge in [0.15, 0.2) is 0 Å². The van der Waals surface area contributed by atoms with E-state index in [4.69, 9.17) is 0 Å². The van der Waals surface area contributed by atoms with E-state index in [9.17, 15) is 4.79 Å². The van der Waals surface area contributed by atoms with E-state index in [0.717, 1.165) is 11.1 Å². The van der Waals surface area contributed by atoms with Crippen molar-refractivity contribution in [3.05, 3.63) is 71.8 Å². The summed E-state index contributed by atoms with van der Waals surface area (Å²) in [7, 11) is 0. The first-order valence-corrected chi connectivity index (χ1v) is 7.15. The highest BCUT2D eigenvalue weighted by Gasteiger charge is 2.25. The highest BCUT2D eigenvalue weighted by Crippen LogP contribution is 2.12. The number of nitrogens with zero attached hydrogens (tertiary/aromatic N) is 2. The fraction of sp³-hybridized carbons (Fsp3) is 0.235. The highest BCUT2D eigenvalue weighted by atomic mass is 16.2. The predicted octanol–water partition coefficient (Wildman–Crippen LogP) is 2.63. The lowest BCUT2D eigenvalue weighted by Crippen LogP contribution is -2.55. The van der Waals surface area contributed by atoms with E-state index in [-0.39, 0.29) is 6.03 Å². The van der Waals surface area contributed by atoms with E-state index in [1.165, 1.54) is 0 Å². The van der Waals surface area contributed by atoms with Gasteiger partial charge in [0.2, 0.25) is 0 Å². The molecule has 0 saturated carbocycles. The fourth-order valence-corrected chi connectivity index (χ4v) is 2.51. The molecule has 1 heterocycles. The third-order valence-corrected chi connectivity index (χ3v) is 3.58. The van der Waals surface area contributed by atoms with Crippen molar-refractivity contribution in [1.29, 1.82) is 0 Å². The molecular formula is C17H19N3O. The summed E-state index contributed by atoms with van der Waals surface area (Å²) in [6.45, 7) is 2.47. The Balaban J connectivity index is 1.66. The molecule has 1 aliphatic rings. The number of hydrogen-bond acceptors (Lipinski definition) is 2. The number of nitrogens with one attached hydrogen (secondary N) is 1. The zero-order chi connectivity index (χ0) is 14.5. The number of carbonyl (C=O) groups is 1. The summed E-state index contributed by atoms with van der Waals surface area (Å²) in [5, 5.41) is 3.29. The van der Waals surface area contributed by atoms with Crippen LogP contribution in [-0.2, 0) is 13.1 Å². The van der Waals surface area contributed by atoms with Crippen LogP contribution in [0.1, 0.15) is 11.1 Å². The molecule has 0 aliphatic carbocycles. The Morgan fingerprint density at radius 1 is 0.762 bits per heavy atom. The van der Waals surface area contributed by atoms with Crippen molar-refractivity contribution >= 4 is 6.03 Å². The average Bonchev–Trinajstić information content (AvgIpc) is 2.53.